The van der Waals surface area contributed by atoms with Gasteiger partial charge in [0.05, 0.1) is 35.3 Å². The zero-order chi connectivity index (χ0) is 19.2. The number of aryl methyl sites for hydroxylation is 1. The van der Waals surface area contributed by atoms with Crippen molar-refractivity contribution < 1.29 is 14.3 Å². The van der Waals surface area contributed by atoms with Crippen LogP contribution >= 0.6 is 11.6 Å². The minimum absolute atomic E-state index is 0.202. The van der Waals surface area contributed by atoms with Crippen LogP contribution < -0.4 is 5.32 Å². The monoisotopic (exact) mass is 383 g/mol. The van der Waals surface area contributed by atoms with Crippen molar-refractivity contribution in [2.45, 2.75) is 12.8 Å². The van der Waals surface area contributed by atoms with Crippen molar-refractivity contribution >= 4 is 29.2 Å². The zero-order valence-corrected chi connectivity index (χ0v) is 15.4. The molecule has 0 saturated carbocycles. The molecular formula is C20H18ClN3O3. The van der Waals surface area contributed by atoms with Crippen LogP contribution in [0.1, 0.15) is 22.3 Å². The fourth-order valence-electron chi connectivity index (χ4n) is 2.55. The van der Waals surface area contributed by atoms with Crippen molar-refractivity contribution in [2.24, 2.45) is 0 Å². The van der Waals surface area contributed by atoms with Crippen LogP contribution in [0.2, 0.25) is 5.02 Å². The predicted octanol–water partition coefficient (Wildman–Crippen LogP) is 3.88. The summed E-state index contributed by atoms with van der Waals surface area (Å²) in [5.41, 5.74) is 2.61. The van der Waals surface area contributed by atoms with Gasteiger partial charge in [0.15, 0.2) is 0 Å². The molecule has 0 fully saturated rings. The number of carbonyl (C=O) groups excluding carboxylic acids is 2. The quantitative estimate of drug-likeness (QED) is 0.655. The number of ether oxygens (including phenoxy) is 1. The van der Waals surface area contributed by atoms with Crippen LogP contribution in [-0.4, -0.2) is 28.8 Å². The second-order valence-electron chi connectivity index (χ2n) is 5.86. The molecule has 3 aromatic rings. The van der Waals surface area contributed by atoms with E-state index in [2.05, 4.69) is 15.2 Å². The maximum absolute atomic E-state index is 12.3. The number of carbonyl (C=O) groups is 2. The number of hydrogen-bond acceptors (Lipinski definition) is 4. The van der Waals surface area contributed by atoms with Gasteiger partial charge < -0.3 is 10.1 Å². The van der Waals surface area contributed by atoms with Crippen molar-refractivity contribution in [3.8, 4) is 5.69 Å². The van der Waals surface area contributed by atoms with Crippen molar-refractivity contribution in [2.75, 3.05) is 12.4 Å². The Morgan fingerprint density at radius 1 is 1.19 bits per heavy atom. The molecule has 0 radical (unpaired) electrons. The molecule has 0 unspecified atom stereocenters. The van der Waals surface area contributed by atoms with E-state index >= 15 is 0 Å². The largest absolute Gasteiger partial charge is 0.465 e. The van der Waals surface area contributed by atoms with Crippen LogP contribution in [0.4, 0.5) is 5.69 Å². The summed E-state index contributed by atoms with van der Waals surface area (Å²) in [5, 5.41) is 7.40. The molecule has 1 amide bonds. The van der Waals surface area contributed by atoms with E-state index in [1.165, 1.54) is 13.2 Å². The molecule has 1 heterocycles. The summed E-state index contributed by atoms with van der Waals surface area (Å²) in [6.07, 6.45) is 4.44. The molecule has 27 heavy (non-hydrogen) atoms. The average molecular weight is 384 g/mol. The minimum atomic E-state index is -0.490. The van der Waals surface area contributed by atoms with E-state index in [0.717, 1.165) is 11.3 Å². The zero-order valence-electron chi connectivity index (χ0n) is 14.7. The first-order chi connectivity index (χ1) is 13.1. The van der Waals surface area contributed by atoms with E-state index in [-0.39, 0.29) is 12.3 Å². The smallest absolute Gasteiger partial charge is 0.337 e. The summed E-state index contributed by atoms with van der Waals surface area (Å²) >= 11 is 6.10. The second kappa shape index (κ2) is 8.51. The summed E-state index contributed by atoms with van der Waals surface area (Å²) in [6, 6.07) is 14.3. The highest BCUT2D eigenvalue weighted by Gasteiger charge is 2.12. The Morgan fingerprint density at radius 2 is 1.96 bits per heavy atom. The maximum Gasteiger partial charge on any atom is 0.337 e. The SMILES string of the molecule is COC(=O)c1ccc(Cl)c(NC(=O)CCc2cnn(-c3ccccc3)c2)c1. The van der Waals surface area contributed by atoms with Crippen LogP contribution in [-0.2, 0) is 16.0 Å². The van der Waals surface area contributed by atoms with Gasteiger partial charge in [-0.2, -0.15) is 5.10 Å². The van der Waals surface area contributed by atoms with Gasteiger partial charge in [0.1, 0.15) is 0 Å². The van der Waals surface area contributed by atoms with Crippen LogP contribution in [0, 0.1) is 0 Å². The highest BCUT2D eigenvalue weighted by Crippen LogP contribution is 2.24. The van der Waals surface area contributed by atoms with E-state index in [9.17, 15) is 9.59 Å². The summed E-state index contributed by atoms with van der Waals surface area (Å²) in [7, 11) is 1.30. The molecule has 0 bridgehead atoms. The van der Waals surface area contributed by atoms with Crippen LogP contribution in [0.5, 0.6) is 0 Å². The number of methoxy groups -OCH3 is 1. The van der Waals surface area contributed by atoms with E-state index in [1.807, 2.05) is 36.5 Å². The molecule has 1 aromatic heterocycles. The Bertz CT molecular complexity index is 954. The normalized spacial score (nSPS) is 10.4. The number of halogens is 1. The molecule has 3 rings (SSSR count). The third-order valence-electron chi connectivity index (χ3n) is 3.96. The molecule has 0 aliphatic heterocycles. The molecule has 6 nitrogen and oxygen atoms in total. The Balaban J connectivity index is 1.61. The maximum atomic E-state index is 12.3. The molecule has 138 valence electrons. The lowest BCUT2D eigenvalue weighted by Crippen LogP contribution is -2.13. The van der Waals surface area contributed by atoms with Crippen LogP contribution in [0.25, 0.3) is 5.69 Å². The van der Waals surface area contributed by atoms with Gasteiger partial charge in [-0.25, -0.2) is 9.48 Å². The number of nitrogens with zero attached hydrogens (tertiary/aromatic N) is 2. The van der Waals surface area contributed by atoms with E-state index in [1.54, 1.807) is 23.0 Å². The lowest BCUT2D eigenvalue weighted by molar-refractivity contribution is -0.116. The molecule has 7 heteroatoms. The van der Waals surface area contributed by atoms with Gasteiger partial charge in [0.25, 0.3) is 0 Å². The second-order valence-corrected chi connectivity index (χ2v) is 6.27. The van der Waals surface area contributed by atoms with Gasteiger partial charge in [-0.05, 0) is 42.3 Å². The fourth-order valence-corrected chi connectivity index (χ4v) is 2.71. The standard InChI is InChI=1S/C20H18ClN3O3/c1-27-20(26)15-8-9-17(21)18(11-15)23-19(25)10-7-14-12-22-24(13-14)16-5-3-2-4-6-16/h2-6,8-9,11-13H,7,10H2,1H3,(H,23,25). The number of rotatable bonds is 6. The van der Waals surface area contributed by atoms with Gasteiger partial charge in [0.2, 0.25) is 5.91 Å². The Morgan fingerprint density at radius 3 is 2.70 bits per heavy atom. The average Bonchev–Trinajstić information content (AvgIpc) is 3.17. The molecule has 0 aliphatic carbocycles. The molecule has 0 saturated heterocycles. The Labute approximate surface area is 161 Å². The summed E-state index contributed by atoms with van der Waals surface area (Å²) < 4.78 is 6.44. The van der Waals surface area contributed by atoms with Gasteiger partial charge in [-0.3, -0.25) is 4.79 Å². The number of benzene rings is 2. The minimum Gasteiger partial charge on any atom is -0.465 e. The van der Waals surface area contributed by atoms with Gasteiger partial charge >= 0.3 is 5.97 Å². The molecule has 0 aliphatic rings. The van der Waals surface area contributed by atoms with Crippen molar-refractivity contribution in [3.05, 3.63) is 77.1 Å². The molecular weight excluding hydrogens is 366 g/mol. The number of aromatic nitrogens is 2. The first-order valence-corrected chi connectivity index (χ1v) is 8.71. The van der Waals surface area contributed by atoms with E-state index in [0.29, 0.717) is 22.7 Å². The summed E-state index contributed by atoms with van der Waals surface area (Å²) in [4.78, 5) is 23.9. The van der Waals surface area contributed by atoms with Gasteiger partial charge in [0, 0.05) is 12.6 Å². The number of anilines is 1. The summed E-state index contributed by atoms with van der Waals surface area (Å²) in [5.74, 6) is -0.693. The number of amides is 1. The van der Waals surface area contributed by atoms with Gasteiger partial charge in [-0.15, -0.1) is 0 Å². The van der Waals surface area contributed by atoms with E-state index < -0.39 is 5.97 Å². The lowest BCUT2D eigenvalue weighted by Gasteiger charge is -2.08. The highest BCUT2D eigenvalue weighted by atomic mass is 35.5. The number of esters is 1. The number of hydrogen-bond donors (Lipinski definition) is 1. The highest BCUT2D eigenvalue weighted by molar-refractivity contribution is 6.33. The molecule has 2 aromatic carbocycles. The third kappa shape index (κ3) is 4.74. The van der Waals surface area contributed by atoms with Crippen LogP contribution in [0.15, 0.2) is 60.9 Å². The van der Waals surface area contributed by atoms with Crippen molar-refractivity contribution in [3.63, 3.8) is 0 Å². The van der Waals surface area contributed by atoms with Gasteiger partial charge in [-0.1, -0.05) is 29.8 Å². The predicted molar refractivity (Wildman–Crippen MR) is 103 cm³/mol. The summed E-state index contributed by atoms with van der Waals surface area (Å²) in [6.45, 7) is 0. The third-order valence-corrected chi connectivity index (χ3v) is 4.29. The topological polar surface area (TPSA) is 73.2 Å². The first-order valence-electron chi connectivity index (χ1n) is 8.33. The fraction of sp³-hybridized carbons (Fsp3) is 0.150. The number of para-hydroxylation sites is 1. The Kier molecular flexibility index (Phi) is 5.88. The van der Waals surface area contributed by atoms with E-state index in [4.69, 9.17) is 11.6 Å². The lowest BCUT2D eigenvalue weighted by atomic mass is 10.1. The molecule has 0 spiro atoms. The molecule has 1 N–H and O–H groups in total. The number of nitrogens with one attached hydrogen (secondary N) is 1. The first kappa shape index (κ1) is 18.7. The molecule has 0 atom stereocenters. The van der Waals surface area contributed by atoms with Crippen molar-refractivity contribution in [1.29, 1.82) is 0 Å². The van der Waals surface area contributed by atoms with Crippen molar-refractivity contribution in [1.82, 2.24) is 9.78 Å². The Hall–Kier alpha value is -3.12. The van der Waals surface area contributed by atoms with Crippen LogP contribution in [0.3, 0.4) is 0 Å².